The molecule has 1 aromatic rings. The van der Waals surface area contributed by atoms with E-state index >= 15 is 0 Å². The van der Waals surface area contributed by atoms with Gasteiger partial charge >= 0.3 is 0 Å². The summed E-state index contributed by atoms with van der Waals surface area (Å²) in [5.41, 5.74) is 2.21. The lowest BCUT2D eigenvalue weighted by molar-refractivity contribution is 0.697. The Kier molecular flexibility index (Phi) is 1.51. The summed E-state index contributed by atoms with van der Waals surface area (Å²) in [5.74, 6) is 5.74. The van der Waals surface area contributed by atoms with Crippen LogP contribution in [0.25, 0.3) is 0 Å². The number of hydrogen-bond donors (Lipinski definition) is 1. The summed E-state index contributed by atoms with van der Waals surface area (Å²) >= 11 is 0. The Morgan fingerprint density at radius 3 is 3.27 bits per heavy atom. The number of aromatic nitrogens is 1. The van der Waals surface area contributed by atoms with E-state index in [0.717, 1.165) is 30.8 Å². The third-order valence-electron chi connectivity index (χ3n) is 1.99. The molecule has 0 unspecified atom stereocenters. The maximum Gasteiger partial charge on any atom is 0.0732 e. The van der Waals surface area contributed by atoms with Gasteiger partial charge in [0.05, 0.1) is 11.4 Å². The molecule has 2 rings (SSSR count). The van der Waals surface area contributed by atoms with Crippen LogP contribution in [0.1, 0.15) is 12.1 Å². The molecule has 11 heavy (non-hydrogen) atoms. The molecule has 0 aliphatic carbocycles. The summed E-state index contributed by atoms with van der Waals surface area (Å²) in [6.07, 6.45) is 3.99. The Hall–Kier alpha value is -1.09. The van der Waals surface area contributed by atoms with Crippen molar-refractivity contribution in [1.82, 2.24) is 4.98 Å². The van der Waals surface area contributed by atoms with Gasteiger partial charge in [-0.05, 0) is 25.0 Å². The molecule has 1 aromatic heterocycles. The minimum Gasteiger partial charge on any atom is -0.309 e. The van der Waals surface area contributed by atoms with E-state index in [9.17, 15) is 0 Å². The van der Waals surface area contributed by atoms with E-state index in [2.05, 4.69) is 4.98 Å². The molecule has 0 atom stereocenters. The quantitative estimate of drug-likeness (QED) is 0.552. The number of nitrogens with zero attached hydrogens (tertiary/aromatic N) is 2. The molecule has 2 N–H and O–H groups in total. The van der Waals surface area contributed by atoms with Crippen molar-refractivity contribution in [3.8, 4) is 0 Å². The third kappa shape index (κ3) is 1.07. The molecule has 1 aliphatic rings. The Balaban J connectivity index is 2.44. The Labute approximate surface area is 65.8 Å². The molecule has 0 saturated carbocycles. The molecule has 0 radical (unpaired) electrons. The van der Waals surface area contributed by atoms with Gasteiger partial charge < -0.3 is 5.01 Å². The summed E-state index contributed by atoms with van der Waals surface area (Å²) in [6, 6.07) is 3.94. The van der Waals surface area contributed by atoms with Crippen molar-refractivity contribution >= 4 is 5.69 Å². The van der Waals surface area contributed by atoms with E-state index in [-0.39, 0.29) is 0 Å². The van der Waals surface area contributed by atoms with Gasteiger partial charge in [-0.15, -0.1) is 0 Å². The number of hydrogen-bond acceptors (Lipinski definition) is 3. The SMILES string of the molecule is NN1CCCc2ncccc21. The third-order valence-corrected chi connectivity index (χ3v) is 1.99. The molecule has 58 valence electrons. The number of pyridine rings is 1. The number of rotatable bonds is 0. The van der Waals surface area contributed by atoms with Crippen LogP contribution in [-0.4, -0.2) is 11.5 Å². The van der Waals surface area contributed by atoms with Gasteiger partial charge in [-0.25, -0.2) is 5.84 Å². The first-order valence-electron chi connectivity index (χ1n) is 3.84. The van der Waals surface area contributed by atoms with Gasteiger partial charge in [-0.3, -0.25) is 4.98 Å². The lowest BCUT2D eigenvalue weighted by atomic mass is 10.1. The van der Waals surface area contributed by atoms with Crippen molar-refractivity contribution in [1.29, 1.82) is 0 Å². The minimum absolute atomic E-state index is 0.943. The lowest BCUT2D eigenvalue weighted by Gasteiger charge is -2.25. The molecular weight excluding hydrogens is 138 g/mol. The molecule has 3 heteroatoms. The topological polar surface area (TPSA) is 42.1 Å². The maximum absolute atomic E-state index is 5.74. The smallest absolute Gasteiger partial charge is 0.0732 e. The fourth-order valence-corrected chi connectivity index (χ4v) is 1.42. The van der Waals surface area contributed by atoms with E-state index < -0.39 is 0 Å². The Morgan fingerprint density at radius 1 is 1.55 bits per heavy atom. The lowest BCUT2D eigenvalue weighted by Crippen LogP contribution is -2.35. The summed E-state index contributed by atoms with van der Waals surface area (Å²) in [6.45, 7) is 0.943. The monoisotopic (exact) mass is 149 g/mol. The van der Waals surface area contributed by atoms with E-state index in [1.165, 1.54) is 0 Å². The zero-order valence-corrected chi connectivity index (χ0v) is 6.33. The highest BCUT2D eigenvalue weighted by Crippen LogP contribution is 2.21. The van der Waals surface area contributed by atoms with E-state index in [1.54, 1.807) is 5.01 Å². The van der Waals surface area contributed by atoms with Gasteiger partial charge in [0, 0.05) is 12.7 Å². The molecule has 0 spiro atoms. The van der Waals surface area contributed by atoms with E-state index in [0.29, 0.717) is 0 Å². The second-order valence-corrected chi connectivity index (χ2v) is 2.77. The molecule has 2 heterocycles. The summed E-state index contributed by atoms with van der Waals surface area (Å²) in [5, 5.41) is 1.77. The molecule has 0 saturated heterocycles. The van der Waals surface area contributed by atoms with Gasteiger partial charge in [0.25, 0.3) is 0 Å². The number of hydrazine groups is 1. The average molecular weight is 149 g/mol. The predicted octanol–water partition coefficient (Wildman–Crippen LogP) is 0.708. The first-order valence-corrected chi connectivity index (χ1v) is 3.84. The van der Waals surface area contributed by atoms with Crippen LogP contribution in [0.3, 0.4) is 0 Å². The van der Waals surface area contributed by atoms with Gasteiger partial charge in [0.1, 0.15) is 0 Å². The molecule has 3 nitrogen and oxygen atoms in total. The normalized spacial score (nSPS) is 16.3. The second kappa shape index (κ2) is 2.51. The van der Waals surface area contributed by atoms with Crippen molar-refractivity contribution in [2.45, 2.75) is 12.8 Å². The maximum atomic E-state index is 5.74. The first kappa shape index (κ1) is 6.61. The fraction of sp³-hybridized carbons (Fsp3) is 0.375. The van der Waals surface area contributed by atoms with Crippen LogP contribution in [0.2, 0.25) is 0 Å². The number of aryl methyl sites for hydroxylation is 1. The minimum atomic E-state index is 0.943. The van der Waals surface area contributed by atoms with Gasteiger partial charge in [0.15, 0.2) is 0 Å². The highest BCUT2D eigenvalue weighted by Gasteiger charge is 2.13. The van der Waals surface area contributed by atoms with E-state index in [4.69, 9.17) is 5.84 Å². The number of fused-ring (bicyclic) bond motifs is 1. The van der Waals surface area contributed by atoms with Crippen LogP contribution in [0.4, 0.5) is 5.69 Å². The van der Waals surface area contributed by atoms with Crippen molar-refractivity contribution in [3.63, 3.8) is 0 Å². The largest absolute Gasteiger partial charge is 0.309 e. The summed E-state index contributed by atoms with van der Waals surface area (Å²) in [4.78, 5) is 4.25. The molecule has 0 aromatic carbocycles. The van der Waals surface area contributed by atoms with Crippen LogP contribution in [-0.2, 0) is 6.42 Å². The van der Waals surface area contributed by atoms with Crippen molar-refractivity contribution in [2.75, 3.05) is 11.6 Å². The summed E-state index contributed by atoms with van der Waals surface area (Å²) in [7, 11) is 0. The zero-order valence-electron chi connectivity index (χ0n) is 6.33. The van der Waals surface area contributed by atoms with Crippen molar-refractivity contribution in [2.24, 2.45) is 5.84 Å². The van der Waals surface area contributed by atoms with Crippen LogP contribution in [0, 0.1) is 0 Å². The highest BCUT2D eigenvalue weighted by molar-refractivity contribution is 5.50. The van der Waals surface area contributed by atoms with Crippen LogP contribution in [0.15, 0.2) is 18.3 Å². The van der Waals surface area contributed by atoms with Crippen LogP contribution < -0.4 is 10.9 Å². The molecular formula is C8H11N3. The average Bonchev–Trinajstić information content (AvgIpc) is 2.06. The molecule has 0 bridgehead atoms. The molecule has 0 fully saturated rings. The van der Waals surface area contributed by atoms with E-state index in [1.807, 2.05) is 18.3 Å². The summed E-state index contributed by atoms with van der Waals surface area (Å²) < 4.78 is 0. The van der Waals surface area contributed by atoms with Crippen LogP contribution >= 0.6 is 0 Å². The van der Waals surface area contributed by atoms with Gasteiger partial charge in [0.2, 0.25) is 0 Å². The van der Waals surface area contributed by atoms with Crippen molar-refractivity contribution < 1.29 is 0 Å². The fourth-order valence-electron chi connectivity index (χ4n) is 1.42. The standard InChI is InChI=1S/C8H11N3/c9-11-6-2-3-7-8(11)4-1-5-10-7/h1,4-5H,2-3,6,9H2. The van der Waals surface area contributed by atoms with Gasteiger partial charge in [-0.2, -0.15) is 0 Å². The van der Waals surface area contributed by atoms with Gasteiger partial charge in [-0.1, -0.05) is 0 Å². The highest BCUT2D eigenvalue weighted by atomic mass is 15.4. The van der Waals surface area contributed by atoms with Crippen LogP contribution in [0.5, 0.6) is 0 Å². The Morgan fingerprint density at radius 2 is 2.45 bits per heavy atom. The Bertz CT molecular complexity index is 259. The number of anilines is 1. The zero-order chi connectivity index (χ0) is 7.68. The van der Waals surface area contributed by atoms with Crippen molar-refractivity contribution in [3.05, 3.63) is 24.0 Å². The second-order valence-electron chi connectivity index (χ2n) is 2.77. The molecule has 1 aliphatic heterocycles. The number of nitrogens with two attached hydrogens (primary N) is 1. The first-order chi connectivity index (χ1) is 5.38. The molecule has 0 amide bonds. The predicted molar refractivity (Wildman–Crippen MR) is 44.1 cm³/mol.